The van der Waals surface area contributed by atoms with Crippen LogP contribution in [0.4, 0.5) is 17.3 Å². The zero-order chi connectivity index (χ0) is 49.4. The summed E-state index contributed by atoms with van der Waals surface area (Å²) < 4.78 is 14.5. The second-order valence-electron chi connectivity index (χ2n) is 18.2. The third-order valence-electron chi connectivity index (χ3n) is 12.8. The summed E-state index contributed by atoms with van der Waals surface area (Å²) in [7, 11) is 0. The number of aliphatic hydroxyl groups is 1. The van der Waals surface area contributed by atoms with Gasteiger partial charge < -0.3 is 24.8 Å². The summed E-state index contributed by atoms with van der Waals surface area (Å²) in [5, 5.41) is 16.4. The molecule has 0 bridgehead atoms. The molecular weight excluding hydrogens is 897 g/mol. The van der Waals surface area contributed by atoms with Crippen LogP contribution in [-0.2, 0) is 42.4 Å². The normalized spacial score (nSPS) is 16.5. The van der Waals surface area contributed by atoms with Crippen molar-refractivity contribution in [3.8, 4) is 5.82 Å². The van der Waals surface area contributed by atoms with Gasteiger partial charge in [0.1, 0.15) is 22.8 Å². The molecule has 1 atom stereocenters. The number of ether oxygens (including phenoxy) is 2. The molecule has 19 nitrogen and oxygen atoms in total. The Kier molecular flexibility index (Phi) is 15.7. The first-order chi connectivity index (χ1) is 33.8. The van der Waals surface area contributed by atoms with Gasteiger partial charge in [-0.1, -0.05) is 24.3 Å². The van der Waals surface area contributed by atoms with Crippen LogP contribution in [0.2, 0.25) is 0 Å². The van der Waals surface area contributed by atoms with Crippen molar-refractivity contribution >= 4 is 57.8 Å². The first kappa shape index (κ1) is 49.5. The van der Waals surface area contributed by atoms with E-state index in [9.17, 15) is 33.9 Å². The molecule has 0 radical (unpaired) electrons. The van der Waals surface area contributed by atoms with Gasteiger partial charge in [0.25, 0.3) is 17.4 Å². The predicted molar refractivity (Wildman–Crippen MR) is 261 cm³/mol. The van der Waals surface area contributed by atoms with E-state index in [0.29, 0.717) is 91.7 Å². The van der Waals surface area contributed by atoms with Crippen LogP contribution >= 0.6 is 0 Å². The quantitative estimate of drug-likeness (QED) is 0.0468. The monoisotopic (exact) mass is 956 g/mol. The first-order valence-corrected chi connectivity index (χ1v) is 24.0. The number of nitrogens with one attached hydrogen (secondary N) is 2. The van der Waals surface area contributed by atoms with Crippen molar-refractivity contribution in [3.63, 3.8) is 0 Å². The minimum atomic E-state index is -1.18. The topological polar surface area (TPSA) is 223 Å². The van der Waals surface area contributed by atoms with E-state index in [0.717, 1.165) is 61.8 Å². The van der Waals surface area contributed by atoms with Gasteiger partial charge >= 0.3 is 0 Å². The fraction of sp³-hybridized carbons (Fsp3) is 0.431. The van der Waals surface area contributed by atoms with Crippen LogP contribution in [0.5, 0.6) is 0 Å². The lowest BCUT2D eigenvalue weighted by molar-refractivity contribution is -0.136. The number of fused-ring (bicyclic) bond motifs is 2. The highest BCUT2D eigenvalue weighted by molar-refractivity contribution is 6.24. The summed E-state index contributed by atoms with van der Waals surface area (Å²) in [6.45, 7) is 13.4. The minimum Gasteiger partial charge on any atom is -0.384 e. The van der Waals surface area contributed by atoms with E-state index in [2.05, 4.69) is 49.1 Å². The predicted octanol–water partition coefficient (Wildman–Crippen LogP) is 4.45. The fourth-order valence-electron chi connectivity index (χ4n) is 9.05. The van der Waals surface area contributed by atoms with E-state index < -0.39 is 35.3 Å². The van der Waals surface area contributed by atoms with Crippen LogP contribution in [0.15, 0.2) is 84.3 Å². The molecule has 2 aromatic carbocycles. The number of unbranched alkanes of at least 4 members (excludes halogenated alkanes) is 1. The number of benzene rings is 2. The summed E-state index contributed by atoms with van der Waals surface area (Å²) >= 11 is 0. The lowest BCUT2D eigenvalue weighted by Crippen LogP contribution is -2.54. The SMILES string of the molecule is C=CCn1c(=O)c2cnc(Nc3ccc(N4CCN(CCCCC(=O)CCOCCOCCCc5cccc6c5C(=O)N(C5CCC(=O)NC5=O)C6=O)CC4)cc3)nc2n1-c1cccc(C(C)(C)O)n1. The minimum absolute atomic E-state index is 0.0688. The lowest BCUT2D eigenvalue weighted by atomic mass is 9.99. The molecule has 0 aliphatic carbocycles. The maximum Gasteiger partial charge on any atom is 0.278 e. The molecule has 3 aromatic heterocycles. The molecule has 3 aliphatic rings. The number of amides is 4. The van der Waals surface area contributed by atoms with Gasteiger partial charge in [0, 0.05) is 69.6 Å². The van der Waals surface area contributed by atoms with E-state index >= 15 is 0 Å². The fourth-order valence-corrected chi connectivity index (χ4v) is 9.05. The third-order valence-corrected chi connectivity index (χ3v) is 12.8. The third kappa shape index (κ3) is 11.4. The molecule has 3 N–H and O–H groups in total. The highest BCUT2D eigenvalue weighted by atomic mass is 16.5. The molecule has 0 saturated carbocycles. The van der Waals surface area contributed by atoms with Crippen molar-refractivity contribution in [3.05, 3.63) is 112 Å². The molecule has 4 amide bonds. The highest BCUT2D eigenvalue weighted by Gasteiger charge is 2.45. The Morgan fingerprint density at radius 2 is 1.64 bits per heavy atom. The Bertz CT molecular complexity index is 2810. The Hall–Kier alpha value is -6.93. The number of hydrogen-bond acceptors (Lipinski definition) is 15. The van der Waals surface area contributed by atoms with E-state index in [1.807, 2.05) is 12.1 Å². The Balaban J connectivity index is 0.692. The van der Waals surface area contributed by atoms with Crippen LogP contribution < -0.4 is 21.1 Å². The zero-order valence-corrected chi connectivity index (χ0v) is 39.7. The van der Waals surface area contributed by atoms with E-state index in [4.69, 9.17) is 14.5 Å². The molecule has 2 saturated heterocycles. The number of aryl methyl sites for hydroxylation is 1. The van der Waals surface area contributed by atoms with Crippen molar-refractivity contribution in [1.29, 1.82) is 0 Å². The number of rotatable bonds is 23. The number of hydrogen-bond donors (Lipinski definition) is 3. The number of imide groups is 2. The molecular formula is C51H60N10O9. The van der Waals surface area contributed by atoms with Gasteiger partial charge in [-0.2, -0.15) is 4.98 Å². The number of piperazine rings is 1. The summed E-state index contributed by atoms with van der Waals surface area (Å²) in [4.78, 5) is 95.9. The Morgan fingerprint density at radius 1 is 0.886 bits per heavy atom. The van der Waals surface area contributed by atoms with Crippen molar-refractivity contribution in [2.75, 3.05) is 69.4 Å². The number of piperidine rings is 1. The maximum absolute atomic E-state index is 13.4. The first-order valence-electron chi connectivity index (χ1n) is 24.0. The number of ketones is 1. The van der Waals surface area contributed by atoms with Crippen LogP contribution in [0.1, 0.15) is 90.8 Å². The number of allylic oxidation sites excluding steroid dienone is 1. The Labute approximate surface area is 405 Å². The van der Waals surface area contributed by atoms with Crippen molar-refractivity contribution in [2.24, 2.45) is 0 Å². The van der Waals surface area contributed by atoms with Gasteiger partial charge in [0.2, 0.25) is 17.8 Å². The van der Waals surface area contributed by atoms with Gasteiger partial charge in [-0.15, -0.1) is 6.58 Å². The molecule has 3 aliphatic heterocycles. The summed E-state index contributed by atoms with van der Waals surface area (Å²) in [5.74, 6) is -1.14. The second-order valence-corrected chi connectivity index (χ2v) is 18.2. The van der Waals surface area contributed by atoms with E-state index in [-0.39, 0.29) is 36.3 Å². The average Bonchev–Trinajstić information content (AvgIpc) is 3.77. The van der Waals surface area contributed by atoms with Gasteiger partial charge in [-0.3, -0.25) is 43.9 Å². The van der Waals surface area contributed by atoms with Crippen molar-refractivity contribution in [1.82, 2.24) is 39.4 Å². The number of pyridine rings is 1. The van der Waals surface area contributed by atoms with Crippen LogP contribution in [-0.4, -0.2) is 134 Å². The van der Waals surface area contributed by atoms with Crippen LogP contribution in [0, 0.1) is 0 Å². The van der Waals surface area contributed by atoms with Crippen LogP contribution in [0.25, 0.3) is 16.9 Å². The second kappa shape index (κ2) is 22.2. The number of Topliss-reactive ketones (excluding diaryl/α,β-unsaturated/α-hetero) is 1. The Morgan fingerprint density at radius 3 is 2.39 bits per heavy atom. The van der Waals surface area contributed by atoms with Gasteiger partial charge in [0.15, 0.2) is 11.5 Å². The number of nitrogens with zero attached hydrogens (tertiary/aromatic N) is 8. The van der Waals surface area contributed by atoms with Gasteiger partial charge in [-0.25, -0.2) is 19.3 Å². The molecule has 8 rings (SSSR count). The summed E-state index contributed by atoms with van der Waals surface area (Å²) in [5.41, 5.74) is 2.56. The van der Waals surface area contributed by atoms with Gasteiger partial charge in [0.05, 0.1) is 43.2 Å². The molecule has 6 heterocycles. The molecule has 368 valence electrons. The molecule has 19 heteroatoms. The van der Waals surface area contributed by atoms with Crippen LogP contribution in [0.3, 0.4) is 0 Å². The van der Waals surface area contributed by atoms with Gasteiger partial charge in [-0.05, 0) is 101 Å². The number of anilines is 3. The number of carbonyl (C=O) groups is 5. The highest BCUT2D eigenvalue weighted by Crippen LogP contribution is 2.31. The smallest absolute Gasteiger partial charge is 0.278 e. The molecule has 5 aromatic rings. The largest absolute Gasteiger partial charge is 0.384 e. The number of aromatic nitrogens is 5. The van der Waals surface area contributed by atoms with E-state index in [1.165, 1.54) is 10.9 Å². The average molecular weight is 957 g/mol. The summed E-state index contributed by atoms with van der Waals surface area (Å²) in [6.07, 6.45) is 7.10. The number of carbonyl (C=O) groups excluding carboxylic acids is 5. The molecule has 1 unspecified atom stereocenters. The molecule has 0 spiro atoms. The molecule has 2 fully saturated rings. The lowest BCUT2D eigenvalue weighted by Gasteiger charge is -2.36. The van der Waals surface area contributed by atoms with E-state index in [1.54, 1.807) is 61.0 Å². The zero-order valence-electron chi connectivity index (χ0n) is 39.7. The van der Waals surface area contributed by atoms with Crippen molar-refractivity contribution in [2.45, 2.75) is 83.4 Å². The summed E-state index contributed by atoms with van der Waals surface area (Å²) in [6, 6.07) is 17.5. The standard InChI is InChI=1S/C51H60N10O9/c1-4-23-59-47(65)39-33-52-50(56-45(39)61(59)42-15-8-14-41(54-42)51(2,3)68)53-35-16-18-36(19-17-35)58-27-25-57(26-28-58)24-6-5-12-37(62)22-30-70-32-31-69-29-9-11-34-10-7-13-38-44(34)49(67)60(48(38)66)40-20-21-43(63)55-46(40)64/h4,7-8,10,13-19,33,40,68H,1,5-6,9,11-12,20-32H2,2-3H3,(H,52,53,56)(H,55,63,64). The van der Waals surface area contributed by atoms with Crippen molar-refractivity contribution < 1.29 is 38.6 Å². The maximum atomic E-state index is 13.4. The molecule has 70 heavy (non-hydrogen) atoms.